The number of rotatable bonds is 6. The summed E-state index contributed by atoms with van der Waals surface area (Å²) < 4.78 is 5.96. The quantitative estimate of drug-likeness (QED) is 0.769. The summed E-state index contributed by atoms with van der Waals surface area (Å²) in [6.45, 7) is 14.4. The minimum absolute atomic E-state index is 0.0563. The zero-order valence-corrected chi connectivity index (χ0v) is 17.1. The first-order valence-electron chi connectivity index (χ1n) is 9.35. The molecule has 0 bridgehead atoms. The van der Waals surface area contributed by atoms with Crippen molar-refractivity contribution in [1.82, 2.24) is 5.32 Å². The summed E-state index contributed by atoms with van der Waals surface area (Å²) in [6, 6.07) is 10.2. The van der Waals surface area contributed by atoms with Crippen LogP contribution in [0.15, 0.2) is 30.3 Å². The van der Waals surface area contributed by atoms with Gasteiger partial charge in [0.05, 0.1) is 6.04 Å². The summed E-state index contributed by atoms with van der Waals surface area (Å²) in [5.41, 5.74) is 7.25. The van der Waals surface area contributed by atoms with Crippen molar-refractivity contribution < 1.29 is 9.53 Å². The van der Waals surface area contributed by atoms with Crippen LogP contribution < -0.4 is 10.1 Å². The molecule has 0 spiro atoms. The number of carbonyl (C=O) groups excluding carboxylic acids is 1. The number of hydrogen-bond donors (Lipinski definition) is 1. The lowest BCUT2D eigenvalue weighted by atomic mass is 9.96. The second-order valence-electron chi connectivity index (χ2n) is 7.28. The summed E-state index contributed by atoms with van der Waals surface area (Å²) in [5.74, 6) is 0.668. The van der Waals surface area contributed by atoms with E-state index >= 15 is 0 Å². The van der Waals surface area contributed by atoms with E-state index in [4.69, 9.17) is 4.74 Å². The summed E-state index contributed by atoms with van der Waals surface area (Å²) >= 11 is 0. The summed E-state index contributed by atoms with van der Waals surface area (Å²) in [6.07, 6.45) is 0.128. The van der Waals surface area contributed by atoms with Crippen molar-refractivity contribution in [2.24, 2.45) is 0 Å². The molecule has 0 aliphatic rings. The van der Waals surface area contributed by atoms with Crippen LogP contribution in [0, 0.1) is 34.6 Å². The van der Waals surface area contributed by atoms with Gasteiger partial charge in [-0.25, -0.2) is 0 Å². The first-order valence-corrected chi connectivity index (χ1v) is 9.35. The van der Waals surface area contributed by atoms with Crippen molar-refractivity contribution in [1.29, 1.82) is 0 Å². The average Bonchev–Trinajstić information content (AvgIpc) is 2.58. The molecule has 1 amide bonds. The number of aryl methyl sites for hydroxylation is 5. The van der Waals surface area contributed by atoms with Crippen LogP contribution in [0.5, 0.6) is 5.75 Å². The van der Waals surface area contributed by atoms with Crippen LogP contribution in [-0.2, 0) is 4.79 Å². The first kappa shape index (κ1) is 20.0. The van der Waals surface area contributed by atoms with Crippen molar-refractivity contribution in [3.63, 3.8) is 0 Å². The van der Waals surface area contributed by atoms with Crippen LogP contribution in [0.2, 0.25) is 0 Å². The fourth-order valence-corrected chi connectivity index (χ4v) is 3.11. The van der Waals surface area contributed by atoms with Gasteiger partial charge in [0.25, 0.3) is 5.91 Å². The van der Waals surface area contributed by atoms with Gasteiger partial charge in [0, 0.05) is 0 Å². The summed E-state index contributed by atoms with van der Waals surface area (Å²) in [4.78, 5) is 12.7. The maximum Gasteiger partial charge on any atom is 0.261 e. The molecule has 0 unspecified atom stereocenters. The van der Waals surface area contributed by atoms with E-state index in [1.54, 1.807) is 0 Å². The van der Waals surface area contributed by atoms with Crippen molar-refractivity contribution in [3.05, 3.63) is 63.7 Å². The smallest absolute Gasteiger partial charge is 0.261 e. The zero-order valence-electron chi connectivity index (χ0n) is 17.1. The fourth-order valence-electron chi connectivity index (χ4n) is 3.11. The Morgan fingerprint density at radius 2 is 1.54 bits per heavy atom. The Labute approximate surface area is 157 Å². The molecule has 0 fully saturated rings. The lowest BCUT2D eigenvalue weighted by molar-refractivity contribution is -0.128. The molecule has 0 heterocycles. The van der Waals surface area contributed by atoms with E-state index < -0.39 is 6.10 Å². The Hall–Kier alpha value is -2.29. The first-order chi connectivity index (χ1) is 12.2. The molecule has 2 aromatic rings. The second-order valence-corrected chi connectivity index (χ2v) is 7.28. The topological polar surface area (TPSA) is 38.3 Å². The third kappa shape index (κ3) is 4.66. The van der Waals surface area contributed by atoms with E-state index in [0.717, 1.165) is 16.9 Å². The van der Waals surface area contributed by atoms with Gasteiger partial charge >= 0.3 is 0 Å². The van der Waals surface area contributed by atoms with Crippen molar-refractivity contribution in [2.75, 3.05) is 0 Å². The highest BCUT2D eigenvalue weighted by Crippen LogP contribution is 2.23. The molecular formula is C23H31NO2. The minimum Gasteiger partial charge on any atom is -0.481 e. The molecule has 140 valence electrons. The molecule has 0 saturated carbocycles. The van der Waals surface area contributed by atoms with Crippen molar-refractivity contribution in [2.45, 2.75) is 67.0 Å². The molecule has 1 N–H and O–H groups in total. The standard InChI is InChI=1S/C23H31NO2/c1-8-22(26-20-10-9-14(2)16(4)12-20)23(25)24-19(7)21-13-17(5)15(3)11-18(21)6/h9-13,19,22H,8H2,1-7H3,(H,24,25)/t19-,22+/m0/s1. The van der Waals surface area contributed by atoms with Gasteiger partial charge in [-0.15, -0.1) is 0 Å². The fraction of sp³-hybridized carbons (Fsp3) is 0.435. The maximum absolute atomic E-state index is 12.7. The lowest BCUT2D eigenvalue weighted by Crippen LogP contribution is -2.39. The average molecular weight is 354 g/mol. The highest BCUT2D eigenvalue weighted by atomic mass is 16.5. The molecule has 3 nitrogen and oxygen atoms in total. The van der Waals surface area contributed by atoms with E-state index in [0.29, 0.717) is 6.42 Å². The van der Waals surface area contributed by atoms with Crippen LogP contribution in [0.25, 0.3) is 0 Å². The largest absolute Gasteiger partial charge is 0.481 e. The molecule has 0 aliphatic heterocycles. The Morgan fingerprint density at radius 3 is 2.15 bits per heavy atom. The maximum atomic E-state index is 12.7. The highest BCUT2D eigenvalue weighted by Gasteiger charge is 2.21. The van der Waals surface area contributed by atoms with Crippen molar-refractivity contribution in [3.8, 4) is 5.75 Å². The van der Waals surface area contributed by atoms with Gasteiger partial charge in [-0.3, -0.25) is 4.79 Å². The normalized spacial score (nSPS) is 13.2. The van der Waals surface area contributed by atoms with E-state index in [1.807, 2.05) is 39.0 Å². The van der Waals surface area contributed by atoms with Crippen LogP contribution >= 0.6 is 0 Å². The minimum atomic E-state index is -0.494. The molecule has 0 aromatic heterocycles. The number of hydrogen-bond acceptors (Lipinski definition) is 2. The molecule has 2 aromatic carbocycles. The van der Waals surface area contributed by atoms with E-state index in [2.05, 4.69) is 45.1 Å². The van der Waals surface area contributed by atoms with E-state index in [1.165, 1.54) is 22.3 Å². The van der Waals surface area contributed by atoms with Crippen molar-refractivity contribution >= 4 is 5.91 Å². The summed E-state index contributed by atoms with van der Waals surface area (Å²) in [7, 11) is 0. The molecule has 0 saturated heterocycles. The van der Waals surface area contributed by atoms with Gasteiger partial charge in [0.1, 0.15) is 5.75 Å². The van der Waals surface area contributed by atoms with Crippen LogP contribution in [-0.4, -0.2) is 12.0 Å². The molecule has 0 radical (unpaired) electrons. The van der Waals surface area contributed by atoms with Gasteiger partial charge < -0.3 is 10.1 Å². The lowest BCUT2D eigenvalue weighted by Gasteiger charge is -2.22. The Kier molecular flexibility index (Phi) is 6.47. The summed E-state index contributed by atoms with van der Waals surface area (Å²) in [5, 5.41) is 3.12. The van der Waals surface area contributed by atoms with Gasteiger partial charge in [-0.2, -0.15) is 0 Å². The SMILES string of the molecule is CC[C@@H](Oc1ccc(C)c(C)c1)C(=O)N[C@@H](C)c1cc(C)c(C)cc1C. The number of benzene rings is 2. The number of amides is 1. The van der Waals surface area contributed by atoms with Crippen LogP contribution in [0.1, 0.15) is 59.7 Å². The van der Waals surface area contributed by atoms with Crippen LogP contribution in [0.3, 0.4) is 0 Å². The van der Waals surface area contributed by atoms with Crippen LogP contribution in [0.4, 0.5) is 0 Å². The van der Waals surface area contributed by atoms with E-state index in [9.17, 15) is 4.79 Å². The predicted octanol–water partition coefficient (Wildman–Crippen LogP) is 5.26. The molecule has 2 rings (SSSR count). The molecule has 0 aliphatic carbocycles. The Bertz CT molecular complexity index is 795. The predicted molar refractivity (Wildman–Crippen MR) is 108 cm³/mol. The third-order valence-corrected chi connectivity index (χ3v) is 5.13. The van der Waals surface area contributed by atoms with Gasteiger partial charge in [0.2, 0.25) is 0 Å². The second kappa shape index (κ2) is 8.39. The number of carbonyl (C=O) groups is 1. The monoisotopic (exact) mass is 353 g/mol. The number of ether oxygens (including phenoxy) is 1. The van der Waals surface area contributed by atoms with Gasteiger partial charge in [0.15, 0.2) is 6.10 Å². The molecule has 26 heavy (non-hydrogen) atoms. The zero-order chi connectivity index (χ0) is 19.4. The highest BCUT2D eigenvalue weighted by molar-refractivity contribution is 5.81. The van der Waals surface area contributed by atoms with Gasteiger partial charge in [-0.05, 0) is 93.5 Å². The molecule has 3 heteroatoms. The molecular weight excluding hydrogens is 322 g/mol. The Balaban J connectivity index is 2.10. The van der Waals surface area contributed by atoms with E-state index in [-0.39, 0.29) is 11.9 Å². The Morgan fingerprint density at radius 1 is 0.923 bits per heavy atom. The van der Waals surface area contributed by atoms with Gasteiger partial charge in [-0.1, -0.05) is 25.1 Å². The molecule has 2 atom stereocenters. The number of nitrogens with one attached hydrogen (secondary N) is 1. The third-order valence-electron chi connectivity index (χ3n) is 5.13.